The van der Waals surface area contributed by atoms with Gasteiger partial charge < -0.3 is 14.2 Å². The number of aromatic carboxylic acids is 1. The molecule has 0 radical (unpaired) electrons. The van der Waals surface area contributed by atoms with E-state index >= 15 is 0 Å². The molecule has 0 aromatic carbocycles. The highest BCUT2D eigenvalue weighted by Crippen LogP contribution is 2.13. The van der Waals surface area contributed by atoms with Crippen molar-refractivity contribution in [3.63, 3.8) is 0 Å². The van der Waals surface area contributed by atoms with Gasteiger partial charge in [-0.3, -0.25) is 0 Å². The van der Waals surface area contributed by atoms with Crippen LogP contribution in [0.3, 0.4) is 0 Å². The number of aromatic nitrogens is 4. The first-order chi connectivity index (χ1) is 6.68. The van der Waals surface area contributed by atoms with Crippen LogP contribution in [0.25, 0.3) is 11.5 Å². The third-order valence-corrected chi connectivity index (χ3v) is 1.65. The molecule has 0 bridgehead atoms. The largest absolute Gasteiger partial charge is 0.474 e. The van der Waals surface area contributed by atoms with E-state index in [2.05, 4.69) is 19.6 Å². The molecule has 0 unspecified atom stereocenters. The summed E-state index contributed by atoms with van der Waals surface area (Å²) in [5, 5.41) is 12.1. The van der Waals surface area contributed by atoms with Crippen molar-refractivity contribution in [2.75, 3.05) is 0 Å². The van der Waals surface area contributed by atoms with Crippen LogP contribution in [0, 0.1) is 0 Å². The van der Waals surface area contributed by atoms with E-state index in [1.54, 1.807) is 17.9 Å². The first kappa shape index (κ1) is 8.42. The van der Waals surface area contributed by atoms with Crippen molar-refractivity contribution in [2.45, 2.75) is 0 Å². The molecule has 2 rings (SSSR count). The summed E-state index contributed by atoms with van der Waals surface area (Å²) in [4.78, 5) is 18.0. The number of imidazole rings is 1. The lowest BCUT2D eigenvalue weighted by molar-refractivity contribution is 0.0643. The van der Waals surface area contributed by atoms with E-state index in [9.17, 15) is 4.79 Å². The summed E-state index contributed by atoms with van der Waals surface area (Å²) in [5.74, 6) is -1.46. The van der Waals surface area contributed by atoms with Crippen LogP contribution in [0.1, 0.15) is 10.7 Å². The topological polar surface area (TPSA) is 94.0 Å². The average molecular weight is 194 g/mol. The third-order valence-electron chi connectivity index (χ3n) is 1.65. The van der Waals surface area contributed by atoms with E-state index in [4.69, 9.17) is 5.11 Å². The van der Waals surface area contributed by atoms with Gasteiger partial charge in [-0.25, -0.2) is 9.78 Å². The van der Waals surface area contributed by atoms with Gasteiger partial charge in [-0.1, -0.05) is 5.16 Å². The molecule has 0 fully saturated rings. The van der Waals surface area contributed by atoms with Gasteiger partial charge in [-0.2, -0.15) is 4.98 Å². The summed E-state index contributed by atoms with van der Waals surface area (Å²) < 4.78 is 6.17. The van der Waals surface area contributed by atoms with Gasteiger partial charge in [0.1, 0.15) is 5.69 Å². The quantitative estimate of drug-likeness (QED) is 0.732. The third kappa shape index (κ3) is 1.24. The standard InChI is InChI=1S/C7H6N4O3/c1-11-3-8-2-4(11)5-9-6(7(12)13)14-10-5/h2-3H,1H3,(H,12,13). The number of carboxylic acids is 1. The lowest BCUT2D eigenvalue weighted by Gasteiger charge is -1.92. The minimum atomic E-state index is -1.24. The lowest BCUT2D eigenvalue weighted by atomic mass is 10.4. The van der Waals surface area contributed by atoms with Crippen molar-refractivity contribution in [3.8, 4) is 11.5 Å². The molecule has 72 valence electrons. The number of nitrogens with zero attached hydrogens (tertiary/aromatic N) is 4. The van der Waals surface area contributed by atoms with Crippen molar-refractivity contribution in [3.05, 3.63) is 18.4 Å². The van der Waals surface area contributed by atoms with E-state index < -0.39 is 11.9 Å². The first-order valence-corrected chi connectivity index (χ1v) is 3.72. The van der Waals surface area contributed by atoms with E-state index in [0.29, 0.717) is 5.69 Å². The summed E-state index contributed by atoms with van der Waals surface area (Å²) in [6.07, 6.45) is 3.09. The highest BCUT2D eigenvalue weighted by atomic mass is 16.5. The van der Waals surface area contributed by atoms with Crippen LogP contribution in [-0.2, 0) is 7.05 Å². The van der Waals surface area contributed by atoms with Crippen LogP contribution < -0.4 is 0 Å². The van der Waals surface area contributed by atoms with Gasteiger partial charge in [0.15, 0.2) is 0 Å². The Balaban J connectivity index is 2.43. The molecule has 0 aliphatic rings. The normalized spacial score (nSPS) is 10.4. The summed E-state index contributed by atoms with van der Waals surface area (Å²) in [6.45, 7) is 0. The minimum Gasteiger partial charge on any atom is -0.474 e. The Morgan fingerprint density at radius 2 is 2.43 bits per heavy atom. The molecular formula is C7H6N4O3. The van der Waals surface area contributed by atoms with Gasteiger partial charge in [0.2, 0.25) is 5.82 Å². The number of hydrogen-bond donors (Lipinski definition) is 1. The number of carboxylic acid groups (broad SMARTS) is 1. The van der Waals surface area contributed by atoms with Crippen LogP contribution in [0.4, 0.5) is 0 Å². The molecular weight excluding hydrogens is 188 g/mol. The van der Waals surface area contributed by atoms with Crippen LogP contribution in [0.15, 0.2) is 17.0 Å². The minimum absolute atomic E-state index is 0.211. The Hall–Kier alpha value is -2.18. The molecule has 0 amide bonds. The van der Waals surface area contributed by atoms with E-state index in [0.717, 1.165) is 0 Å². The molecule has 7 nitrogen and oxygen atoms in total. The van der Waals surface area contributed by atoms with Crippen LogP contribution in [0.2, 0.25) is 0 Å². The highest BCUT2D eigenvalue weighted by Gasteiger charge is 2.15. The molecule has 0 aliphatic carbocycles. The molecule has 2 aromatic heterocycles. The van der Waals surface area contributed by atoms with Crippen molar-refractivity contribution < 1.29 is 14.4 Å². The summed E-state index contributed by atoms with van der Waals surface area (Å²) in [6, 6.07) is 0. The van der Waals surface area contributed by atoms with Gasteiger partial charge in [-0.05, 0) is 0 Å². The highest BCUT2D eigenvalue weighted by molar-refractivity contribution is 5.82. The van der Waals surface area contributed by atoms with Gasteiger partial charge in [0, 0.05) is 7.05 Å². The zero-order valence-corrected chi connectivity index (χ0v) is 7.21. The van der Waals surface area contributed by atoms with Crippen molar-refractivity contribution >= 4 is 5.97 Å². The molecule has 0 spiro atoms. The fraction of sp³-hybridized carbons (Fsp3) is 0.143. The summed E-state index contributed by atoms with van der Waals surface area (Å²) >= 11 is 0. The monoisotopic (exact) mass is 194 g/mol. The van der Waals surface area contributed by atoms with Gasteiger partial charge >= 0.3 is 11.9 Å². The Labute approximate surface area is 78.0 Å². The number of aryl methyl sites for hydroxylation is 1. The predicted molar refractivity (Wildman–Crippen MR) is 43.5 cm³/mol. The lowest BCUT2D eigenvalue weighted by Crippen LogP contribution is -1.96. The van der Waals surface area contributed by atoms with Gasteiger partial charge in [0.05, 0.1) is 12.5 Å². The number of hydrogen-bond acceptors (Lipinski definition) is 5. The average Bonchev–Trinajstić information content (AvgIpc) is 2.71. The maximum absolute atomic E-state index is 10.5. The fourth-order valence-corrected chi connectivity index (χ4v) is 0.987. The SMILES string of the molecule is Cn1cncc1-c1noc(C(=O)O)n1. The second-order valence-corrected chi connectivity index (χ2v) is 2.62. The summed E-state index contributed by atoms with van der Waals surface area (Å²) in [7, 11) is 1.75. The molecule has 0 aliphatic heterocycles. The summed E-state index contributed by atoms with van der Waals surface area (Å²) in [5.41, 5.74) is 0.598. The van der Waals surface area contributed by atoms with E-state index in [1.807, 2.05) is 0 Å². The molecule has 7 heteroatoms. The molecule has 14 heavy (non-hydrogen) atoms. The molecule has 0 saturated carbocycles. The van der Waals surface area contributed by atoms with Gasteiger partial charge in [-0.15, -0.1) is 0 Å². The molecule has 1 N–H and O–H groups in total. The van der Waals surface area contributed by atoms with Crippen LogP contribution >= 0.6 is 0 Å². The zero-order valence-electron chi connectivity index (χ0n) is 7.21. The molecule has 2 aromatic rings. The van der Waals surface area contributed by atoms with Gasteiger partial charge in [0.25, 0.3) is 0 Å². The second kappa shape index (κ2) is 2.95. The Morgan fingerprint density at radius 1 is 1.64 bits per heavy atom. The van der Waals surface area contributed by atoms with Crippen molar-refractivity contribution in [2.24, 2.45) is 7.05 Å². The van der Waals surface area contributed by atoms with Crippen LogP contribution in [-0.4, -0.2) is 30.8 Å². The maximum atomic E-state index is 10.5. The van der Waals surface area contributed by atoms with Crippen molar-refractivity contribution in [1.82, 2.24) is 19.7 Å². The Kier molecular flexibility index (Phi) is 1.77. The number of carbonyl (C=O) groups is 1. The van der Waals surface area contributed by atoms with E-state index in [1.165, 1.54) is 6.20 Å². The molecule has 0 saturated heterocycles. The predicted octanol–water partition coefficient (Wildman–Crippen LogP) is 0.168. The van der Waals surface area contributed by atoms with Crippen molar-refractivity contribution in [1.29, 1.82) is 0 Å². The van der Waals surface area contributed by atoms with Crippen LogP contribution in [0.5, 0.6) is 0 Å². The smallest absolute Gasteiger partial charge is 0.394 e. The van der Waals surface area contributed by atoms with E-state index in [-0.39, 0.29) is 5.82 Å². The fourth-order valence-electron chi connectivity index (χ4n) is 0.987. The molecule has 0 atom stereocenters. The zero-order chi connectivity index (χ0) is 10.1. The molecule has 2 heterocycles. The maximum Gasteiger partial charge on any atom is 0.394 e. The Bertz CT molecular complexity index is 473. The Morgan fingerprint density at radius 3 is 2.93 bits per heavy atom. The first-order valence-electron chi connectivity index (χ1n) is 3.72. The number of rotatable bonds is 2. The second-order valence-electron chi connectivity index (χ2n) is 2.62.